The molecule has 0 bridgehead atoms. The van der Waals surface area contributed by atoms with E-state index in [-0.39, 0.29) is 6.10 Å². The molecular formula is C6H10O2. The molecule has 2 nitrogen and oxygen atoms in total. The van der Waals surface area contributed by atoms with Crippen LogP contribution in [0, 0.1) is 0 Å². The first-order valence-electron chi connectivity index (χ1n) is 2.79. The van der Waals surface area contributed by atoms with Crippen LogP contribution in [0.5, 0.6) is 0 Å². The summed E-state index contributed by atoms with van der Waals surface area (Å²) in [6.45, 7) is 3.54. The van der Waals surface area contributed by atoms with Gasteiger partial charge >= 0.3 is 0 Å². The Kier molecular flexibility index (Phi) is 1.65. The van der Waals surface area contributed by atoms with E-state index in [0.717, 1.165) is 12.8 Å². The van der Waals surface area contributed by atoms with E-state index in [1.165, 1.54) is 0 Å². The van der Waals surface area contributed by atoms with Crippen molar-refractivity contribution in [3.8, 4) is 0 Å². The van der Waals surface area contributed by atoms with Gasteiger partial charge in [0.2, 0.25) is 0 Å². The molecule has 1 heterocycles. The minimum Gasteiger partial charge on any atom is -0.368 e. The maximum absolute atomic E-state index is 8.76. The number of hydrogen-bond donors (Lipinski definition) is 1. The van der Waals surface area contributed by atoms with Gasteiger partial charge in [0.25, 0.3) is 0 Å². The van der Waals surface area contributed by atoms with E-state index in [4.69, 9.17) is 9.84 Å². The van der Waals surface area contributed by atoms with Crippen molar-refractivity contribution in [2.45, 2.75) is 25.2 Å². The third-order valence-corrected chi connectivity index (χ3v) is 1.29. The second-order valence-corrected chi connectivity index (χ2v) is 1.94. The number of hydrogen-bond acceptors (Lipinski definition) is 2. The third-order valence-electron chi connectivity index (χ3n) is 1.29. The molecule has 0 amide bonds. The maximum atomic E-state index is 8.76. The molecule has 1 saturated heterocycles. The molecule has 1 fully saturated rings. The Labute approximate surface area is 48.8 Å². The zero-order chi connectivity index (χ0) is 5.98. The Balaban J connectivity index is 2.32. The van der Waals surface area contributed by atoms with Crippen LogP contribution in [0.3, 0.4) is 0 Å². The summed E-state index contributed by atoms with van der Waals surface area (Å²) in [6.07, 6.45) is 2.92. The van der Waals surface area contributed by atoms with Crippen LogP contribution in [0.25, 0.3) is 0 Å². The predicted octanol–water partition coefficient (Wildman–Crippen LogP) is 0.670. The summed E-state index contributed by atoms with van der Waals surface area (Å²) in [5, 5.41) is 8.76. The Morgan fingerprint density at radius 2 is 2.38 bits per heavy atom. The van der Waals surface area contributed by atoms with Crippen LogP contribution in [0.1, 0.15) is 12.8 Å². The van der Waals surface area contributed by atoms with Gasteiger partial charge in [-0.15, -0.1) is 6.58 Å². The van der Waals surface area contributed by atoms with Gasteiger partial charge in [0, 0.05) is 6.42 Å². The molecule has 1 aliphatic rings. The smallest absolute Gasteiger partial charge is 0.155 e. The molecule has 2 heteroatoms. The minimum absolute atomic E-state index is 0.0880. The molecule has 1 aliphatic heterocycles. The molecule has 0 radical (unpaired) electrons. The van der Waals surface area contributed by atoms with Gasteiger partial charge in [0.1, 0.15) is 0 Å². The first kappa shape index (κ1) is 5.79. The summed E-state index contributed by atoms with van der Waals surface area (Å²) in [4.78, 5) is 0. The molecule has 1 N–H and O–H groups in total. The fourth-order valence-corrected chi connectivity index (χ4v) is 0.818. The van der Waals surface area contributed by atoms with Crippen molar-refractivity contribution in [1.29, 1.82) is 0 Å². The zero-order valence-corrected chi connectivity index (χ0v) is 4.71. The number of aliphatic hydroxyl groups excluding tert-OH is 1. The lowest BCUT2D eigenvalue weighted by Crippen LogP contribution is -2.06. The first-order chi connectivity index (χ1) is 3.83. The van der Waals surface area contributed by atoms with Crippen LogP contribution in [0.4, 0.5) is 0 Å². The molecule has 46 valence electrons. The second kappa shape index (κ2) is 2.29. The summed E-state index contributed by atoms with van der Waals surface area (Å²) in [5.41, 5.74) is 0. The number of aliphatic hydroxyl groups is 1. The van der Waals surface area contributed by atoms with Gasteiger partial charge in [-0.2, -0.15) is 0 Å². The van der Waals surface area contributed by atoms with Gasteiger partial charge in [0.15, 0.2) is 6.29 Å². The highest BCUT2D eigenvalue weighted by Crippen LogP contribution is 2.17. The average molecular weight is 114 g/mol. The van der Waals surface area contributed by atoms with Crippen LogP contribution in [0.2, 0.25) is 0 Å². The zero-order valence-electron chi connectivity index (χ0n) is 4.71. The lowest BCUT2D eigenvalue weighted by Gasteiger charge is -2.01. The fourth-order valence-electron chi connectivity index (χ4n) is 0.818. The van der Waals surface area contributed by atoms with Crippen molar-refractivity contribution in [3.05, 3.63) is 12.7 Å². The van der Waals surface area contributed by atoms with Crippen LogP contribution >= 0.6 is 0 Å². The molecule has 1 unspecified atom stereocenters. The van der Waals surface area contributed by atoms with Crippen LogP contribution in [-0.4, -0.2) is 17.5 Å². The van der Waals surface area contributed by atoms with E-state index in [1.807, 2.05) is 0 Å². The average Bonchev–Trinajstić information content (AvgIpc) is 2.14. The molecule has 0 aromatic carbocycles. The van der Waals surface area contributed by atoms with Crippen molar-refractivity contribution in [2.75, 3.05) is 0 Å². The molecular weight excluding hydrogens is 104 g/mol. The summed E-state index contributed by atoms with van der Waals surface area (Å²) < 4.78 is 4.95. The Bertz CT molecular complexity index is 90.5. The Morgan fingerprint density at radius 1 is 1.62 bits per heavy atom. The Hall–Kier alpha value is -0.340. The fraction of sp³-hybridized carbons (Fsp3) is 0.667. The highest BCUT2D eigenvalue weighted by atomic mass is 16.6. The predicted molar refractivity (Wildman–Crippen MR) is 30.3 cm³/mol. The van der Waals surface area contributed by atoms with Gasteiger partial charge < -0.3 is 9.84 Å². The van der Waals surface area contributed by atoms with Crippen molar-refractivity contribution in [2.24, 2.45) is 0 Å². The molecule has 0 aliphatic carbocycles. The van der Waals surface area contributed by atoms with Gasteiger partial charge in [-0.25, -0.2) is 0 Å². The summed E-state index contributed by atoms with van der Waals surface area (Å²) >= 11 is 0. The van der Waals surface area contributed by atoms with E-state index >= 15 is 0 Å². The molecule has 8 heavy (non-hydrogen) atoms. The number of ether oxygens (including phenoxy) is 1. The molecule has 1 rings (SSSR count). The molecule has 0 spiro atoms. The van der Waals surface area contributed by atoms with Crippen molar-refractivity contribution >= 4 is 0 Å². The van der Waals surface area contributed by atoms with Crippen LogP contribution < -0.4 is 0 Å². The molecule has 0 aromatic rings. The van der Waals surface area contributed by atoms with Crippen LogP contribution in [0.15, 0.2) is 12.7 Å². The maximum Gasteiger partial charge on any atom is 0.155 e. The normalized spacial score (nSPS) is 37.6. The highest BCUT2D eigenvalue weighted by molar-refractivity contribution is 4.83. The van der Waals surface area contributed by atoms with E-state index in [1.54, 1.807) is 6.08 Å². The molecule has 2 atom stereocenters. The summed E-state index contributed by atoms with van der Waals surface area (Å²) in [5.74, 6) is 0. The SMILES string of the molecule is C=C[C@@H]1CCC(O)O1. The van der Waals surface area contributed by atoms with Crippen molar-refractivity contribution in [1.82, 2.24) is 0 Å². The monoisotopic (exact) mass is 114 g/mol. The van der Waals surface area contributed by atoms with Crippen molar-refractivity contribution in [3.63, 3.8) is 0 Å². The molecule has 0 saturated carbocycles. The minimum atomic E-state index is -0.544. The van der Waals surface area contributed by atoms with Gasteiger partial charge in [-0.3, -0.25) is 0 Å². The number of rotatable bonds is 1. The van der Waals surface area contributed by atoms with E-state index < -0.39 is 6.29 Å². The highest BCUT2D eigenvalue weighted by Gasteiger charge is 2.19. The standard InChI is InChI=1S/C6H10O2/c1-2-5-3-4-6(7)8-5/h2,5-7H,1,3-4H2/t5-,6?/m1/s1. The van der Waals surface area contributed by atoms with Crippen LogP contribution in [-0.2, 0) is 4.74 Å². The quantitative estimate of drug-likeness (QED) is 0.508. The van der Waals surface area contributed by atoms with Gasteiger partial charge in [0.05, 0.1) is 6.10 Å². The first-order valence-corrected chi connectivity index (χ1v) is 2.79. The van der Waals surface area contributed by atoms with E-state index in [0.29, 0.717) is 0 Å². The third kappa shape index (κ3) is 1.08. The topological polar surface area (TPSA) is 29.5 Å². The lowest BCUT2D eigenvalue weighted by atomic mass is 10.2. The Morgan fingerprint density at radius 3 is 2.62 bits per heavy atom. The van der Waals surface area contributed by atoms with Gasteiger partial charge in [-0.05, 0) is 6.42 Å². The largest absolute Gasteiger partial charge is 0.368 e. The summed E-state index contributed by atoms with van der Waals surface area (Å²) in [6, 6.07) is 0. The van der Waals surface area contributed by atoms with Gasteiger partial charge in [-0.1, -0.05) is 6.08 Å². The van der Waals surface area contributed by atoms with E-state index in [9.17, 15) is 0 Å². The van der Waals surface area contributed by atoms with Crippen molar-refractivity contribution < 1.29 is 9.84 Å². The molecule has 0 aromatic heterocycles. The summed E-state index contributed by atoms with van der Waals surface area (Å²) in [7, 11) is 0. The van der Waals surface area contributed by atoms with E-state index in [2.05, 4.69) is 6.58 Å². The second-order valence-electron chi connectivity index (χ2n) is 1.94. The lowest BCUT2D eigenvalue weighted by molar-refractivity contribution is -0.0777.